The molecule has 0 heterocycles. The quantitative estimate of drug-likeness (QED) is 0.521. The van der Waals surface area contributed by atoms with Gasteiger partial charge < -0.3 is 0 Å². The Morgan fingerprint density at radius 2 is 1.89 bits per heavy atom. The van der Waals surface area contributed by atoms with Crippen molar-refractivity contribution in [2.75, 3.05) is 0 Å². The number of aldehydes is 1. The van der Waals surface area contributed by atoms with E-state index in [1.807, 2.05) is 31.2 Å². The minimum atomic E-state index is 0. The van der Waals surface area contributed by atoms with Crippen LogP contribution in [0.2, 0.25) is 0 Å². The number of aryl methyl sites for hydroxylation is 1. The van der Waals surface area contributed by atoms with Crippen LogP contribution in [0.1, 0.15) is 17.3 Å². The normalized spacial score (nSPS) is 9.00. The Morgan fingerprint density at radius 1 is 1.33 bits per heavy atom. The van der Waals surface area contributed by atoms with Crippen molar-refractivity contribution < 1.29 is 6.22 Å². The van der Waals surface area contributed by atoms with E-state index in [1.54, 1.807) is 0 Å². The zero-order valence-corrected chi connectivity index (χ0v) is 5.29. The predicted molar refractivity (Wildman–Crippen MR) is 38.7 cm³/mol. The zero-order chi connectivity index (χ0) is 6.69. The molecule has 0 aliphatic heterocycles. The van der Waals surface area contributed by atoms with E-state index in [0.717, 1.165) is 11.8 Å². The summed E-state index contributed by atoms with van der Waals surface area (Å²) in [6, 6.07) is 7.46. The Kier molecular flexibility index (Phi) is 1.63. The first-order valence-corrected chi connectivity index (χ1v) is 2.85. The summed E-state index contributed by atoms with van der Waals surface area (Å²) in [6.45, 7) is 1.99. The summed E-state index contributed by atoms with van der Waals surface area (Å²) in [5.41, 5.74) is 1.92. The highest BCUT2D eigenvalue weighted by atomic mass is 16.1. The van der Waals surface area contributed by atoms with Gasteiger partial charge in [0.05, 0.1) is 0 Å². The van der Waals surface area contributed by atoms with Gasteiger partial charge in [0.2, 0.25) is 0 Å². The van der Waals surface area contributed by atoms with E-state index in [2.05, 4.69) is 0 Å². The number of benzene rings is 1. The van der Waals surface area contributed by atoms with Gasteiger partial charge in [0.1, 0.15) is 6.29 Å². The predicted octanol–water partition coefficient (Wildman–Crippen LogP) is 2.05. The fourth-order valence-electron chi connectivity index (χ4n) is 0.645. The number of rotatable bonds is 1. The molecule has 0 aliphatic rings. The van der Waals surface area contributed by atoms with E-state index >= 15 is 0 Å². The van der Waals surface area contributed by atoms with Crippen LogP contribution >= 0.6 is 0 Å². The molecule has 0 radical (unpaired) electrons. The van der Waals surface area contributed by atoms with Crippen LogP contribution in [0.3, 0.4) is 0 Å². The molecule has 1 aromatic rings. The van der Waals surface area contributed by atoms with Crippen molar-refractivity contribution in [1.82, 2.24) is 0 Å². The molecule has 1 nitrogen and oxygen atoms in total. The maximum atomic E-state index is 10.1. The third kappa shape index (κ3) is 1.39. The second-order valence-electron chi connectivity index (χ2n) is 2.03. The topological polar surface area (TPSA) is 17.1 Å². The van der Waals surface area contributed by atoms with Gasteiger partial charge in [-0.1, -0.05) is 29.8 Å². The van der Waals surface area contributed by atoms with Crippen molar-refractivity contribution in [3.63, 3.8) is 0 Å². The lowest BCUT2D eigenvalue weighted by Gasteiger charge is -1.89. The van der Waals surface area contributed by atoms with Gasteiger partial charge >= 0.3 is 0 Å². The van der Waals surface area contributed by atoms with Gasteiger partial charge in [0.25, 0.3) is 0 Å². The molecule has 1 aromatic carbocycles. The highest BCUT2D eigenvalue weighted by Crippen LogP contribution is 1.98. The van der Waals surface area contributed by atoms with Crippen LogP contribution in [0.15, 0.2) is 24.3 Å². The Bertz CT molecular complexity index is 203. The van der Waals surface area contributed by atoms with Crippen molar-refractivity contribution in [3.8, 4) is 0 Å². The first kappa shape index (κ1) is 6.02. The average Bonchev–Trinajstić information content (AvgIpc) is 1.90. The van der Waals surface area contributed by atoms with Crippen LogP contribution in [0, 0.1) is 6.92 Å². The third-order valence-electron chi connectivity index (χ3n) is 1.21. The van der Waals surface area contributed by atoms with Crippen LogP contribution in [-0.2, 0) is 0 Å². The molecule has 0 unspecified atom stereocenters. The standard InChI is InChI=1S/C8H8O.H2/c1-7-2-4-8(6-9)5-3-7;/h2-6H,1H3;1H. The van der Waals surface area contributed by atoms with Gasteiger partial charge in [0, 0.05) is 6.99 Å². The molecule has 0 fully saturated rings. The summed E-state index contributed by atoms with van der Waals surface area (Å²) in [7, 11) is 0. The maximum Gasteiger partial charge on any atom is 0.150 e. The molecule has 1 heteroatoms. The number of carbonyl (C=O) groups is 1. The molecular formula is C8H10O. The Balaban J connectivity index is 0.000000810. The van der Waals surface area contributed by atoms with E-state index < -0.39 is 0 Å². The fourth-order valence-corrected chi connectivity index (χ4v) is 0.645. The molecule has 0 aromatic heterocycles. The molecule has 0 N–H and O–H groups in total. The van der Waals surface area contributed by atoms with Gasteiger partial charge in [-0.05, 0) is 6.92 Å². The molecule has 48 valence electrons. The molecule has 0 bridgehead atoms. The van der Waals surface area contributed by atoms with E-state index in [4.69, 9.17) is 0 Å². The second-order valence-corrected chi connectivity index (χ2v) is 2.03. The Hall–Kier alpha value is -1.11. The molecule has 0 saturated carbocycles. The van der Waals surface area contributed by atoms with E-state index in [0.29, 0.717) is 0 Å². The van der Waals surface area contributed by atoms with E-state index in [9.17, 15) is 4.79 Å². The van der Waals surface area contributed by atoms with Crippen molar-refractivity contribution in [1.29, 1.82) is 0 Å². The monoisotopic (exact) mass is 122 g/mol. The molecule has 0 amide bonds. The summed E-state index contributed by atoms with van der Waals surface area (Å²) in [5.74, 6) is 0. The van der Waals surface area contributed by atoms with E-state index in [1.165, 1.54) is 5.56 Å². The SMILES string of the molecule is Cc1ccc(C=O)cc1.[HH]. The minimum Gasteiger partial charge on any atom is -0.298 e. The van der Waals surface area contributed by atoms with Crippen LogP contribution in [0.4, 0.5) is 0 Å². The first-order valence-electron chi connectivity index (χ1n) is 2.85. The Morgan fingerprint density at radius 3 is 2.33 bits per heavy atom. The van der Waals surface area contributed by atoms with Gasteiger partial charge in [-0.3, -0.25) is 4.79 Å². The fraction of sp³-hybridized carbons (Fsp3) is 0.125. The molecule has 9 heavy (non-hydrogen) atoms. The van der Waals surface area contributed by atoms with Crippen LogP contribution in [-0.4, -0.2) is 6.29 Å². The molecule has 1 rings (SSSR count). The Labute approximate surface area is 55.8 Å². The van der Waals surface area contributed by atoms with Crippen LogP contribution in [0.25, 0.3) is 0 Å². The van der Waals surface area contributed by atoms with Crippen LogP contribution in [0.5, 0.6) is 0 Å². The van der Waals surface area contributed by atoms with Gasteiger partial charge in [-0.15, -0.1) is 0 Å². The minimum absolute atomic E-state index is 0. The summed E-state index contributed by atoms with van der Waals surface area (Å²) < 4.78 is 0. The average molecular weight is 122 g/mol. The zero-order valence-electron chi connectivity index (χ0n) is 5.29. The lowest BCUT2D eigenvalue weighted by atomic mass is 10.2. The summed E-state index contributed by atoms with van der Waals surface area (Å²) in [6.07, 6.45) is 0.847. The van der Waals surface area contributed by atoms with Crippen molar-refractivity contribution in [3.05, 3.63) is 35.4 Å². The first-order chi connectivity index (χ1) is 4.33. The third-order valence-corrected chi connectivity index (χ3v) is 1.21. The largest absolute Gasteiger partial charge is 0.298 e. The smallest absolute Gasteiger partial charge is 0.150 e. The number of hydrogen-bond donors (Lipinski definition) is 0. The van der Waals surface area contributed by atoms with Gasteiger partial charge in [-0.25, -0.2) is 0 Å². The molecule has 0 aliphatic carbocycles. The molecule has 0 spiro atoms. The highest BCUT2D eigenvalue weighted by Gasteiger charge is 1.85. The highest BCUT2D eigenvalue weighted by molar-refractivity contribution is 5.74. The van der Waals surface area contributed by atoms with E-state index in [-0.39, 0.29) is 1.43 Å². The van der Waals surface area contributed by atoms with Gasteiger partial charge in [-0.2, -0.15) is 0 Å². The molecular weight excluding hydrogens is 112 g/mol. The number of hydrogen-bond acceptors (Lipinski definition) is 1. The van der Waals surface area contributed by atoms with Crippen molar-refractivity contribution >= 4 is 6.29 Å². The number of carbonyl (C=O) groups excluding carboxylic acids is 1. The van der Waals surface area contributed by atoms with Crippen molar-refractivity contribution in [2.24, 2.45) is 0 Å². The van der Waals surface area contributed by atoms with Crippen LogP contribution < -0.4 is 0 Å². The summed E-state index contributed by atoms with van der Waals surface area (Å²) in [5, 5.41) is 0. The van der Waals surface area contributed by atoms with Crippen molar-refractivity contribution in [2.45, 2.75) is 6.92 Å². The van der Waals surface area contributed by atoms with Gasteiger partial charge in [0.15, 0.2) is 0 Å². The maximum absolute atomic E-state index is 10.1. The lowest BCUT2D eigenvalue weighted by molar-refractivity contribution is 0.112. The second kappa shape index (κ2) is 2.44. The summed E-state index contributed by atoms with van der Waals surface area (Å²) >= 11 is 0. The molecule has 0 atom stereocenters. The summed E-state index contributed by atoms with van der Waals surface area (Å²) in [4.78, 5) is 10.1. The lowest BCUT2D eigenvalue weighted by Crippen LogP contribution is -1.77. The molecule has 0 saturated heterocycles.